The molecule has 0 aromatic heterocycles. The summed E-state index contributed by atoms with van der Waals surface area (Å²) < 4.78 is 5.34. The summed E-state index contributed by atoms with van der Waals surface area (Å²) in [6.45, 7) is 6.25. The molecule has 1 aromatic carbocycles. The third-order valence-electron chi connectivity index (χ3n) is 2.84. The van der Waals surface area contributed by atoms with E-state index >= 15 is 0 Å². The van der Waals surface area contributed by atoms with E-state index in [9.17, 15) is 4.79 Å². The number of carbonyl (C=O) groups excluding carboxylic acids is 1. The molecule has 0 atom stereocenters. The average Bonchev–Trinajstić information content (AvgIpc) is 2.26. The number of anilines is 1. The monoisotopic (exact) mass is 236 g/mol. The van der Waals surface area contributed by atoms with Crippen LogP contribution in [0.25, 0.3) is 0 Å². The number of ether oxygens (including phenoxy) is 1. The maximum absolute atomic E-state index is 11.5. The Morgan fingerprint density at radius 1 is 1.29 bits per heavy atom. The topological polar surface area (TPSA) is 50.4 Å². The van der Waals surface area contributed by atoms with Crippen LogP contribution in [0.3, 0.4) is 0 Å². The number of benzene rings is 1. The lowest BCUT2D eigenvalue weighted by Gasteiger charge is -2.16. The number of nitrogens with one attached hydrogen (secondary N) is 2. The third kappa shape index (κ3) is 2.97. The first-order valence-electron chi connectivity index (χ1n) is 5.60. The molecule has 0 fully saturated rings. The molecule has 0 aliphatic heterocycles. The van der Waals surface area contributed by atoms with Gasteiger partial charge in [0, 0.05) is 5.69 Å². The van der Waals surface area contributed by atoms with E-state index in [-0.39, 0.29) is 5.91 Å². The molecule has 0 aliphatic rings. The molecule has 2 N–H and O–H groups in total. The molecule has 0 heterocycles. The van der Waals surface area contributed by atoms with Crippen LogP contribution in [0.15, 0.2) is 6.07 Å². The minimum atomic E-state index is -0.0421. The van der Waals surface area contributed by atoms with Crippen LogP contribution in [-0.2, 0) is 4.79 Å². The maximum Gasteiger partial charge on any atom is 0.238 e. The lowest BCUT2D eigenvalue weighted by atomic mass is 10.0. The van der Waals surface area contributed by atoms with Gasteiger partial charge in [0.05, 0.1) is 13.7 Å². The predicted molar refractivity (Wildman–Crippen MR) is 69.8 cm³/mol. The molecule has 0 saturated carbocycles. The highest BCUT2D eigenvalue weighted by Gasteiger charge is 2.12. The van der Waals surface area contributed by atoms with E-state index in [1.165, 1.54) is 0 Å². The summed E-state index contributed by atoms with van der Waals surface area (Å²) in [7, 11) is 3.41. The largest absolute Gasteiger partial charge is 0.496 e. The zero-order chi connectivity index (χ0) is 13.0. The Kier molecular flexibility index (Phi) is 4.52. The van der Waals surface area contributed by atoms with Gasteiger partial charge in [-0.05, 0) is 50.6 Å². The number of methoxy groups -OCH3 is 1. The van der Waals surface area contributed by atoms with Crippen molar-refractivity contribution in [3.8, 4) is 5.75 Å². The van der Waals surface area contributed by atoms with E-state index in [1.54, 1.807) is 14.2 Å². The molecular formula is C13H20N2O2. The number of aryl methyl sites for hydroxylation is 1. The van der Waals surface area contributed by atoms with Crippen molar-refractivity contribution in [2.75, 3.05) is 26.0 Å². The highest BCUT2D eigenvalue weighted by atomic mass is 16.5. The minimum absolute atomic E-state index is 0.0421. The van der Waals surface area contributed by atoms with Crippen molar-refractivity contribution in [2.45, 2.75) is 20.8 Å². The van der Waals surface area contributed by atoms with Gasteiger partial charge in [-0.3, -0.25) is 4.79 Å². The van der Waals surface area contributed by atoms with Crippen LogP contribution in [-0.4, -0.2) is 26.6 Å². The van der Waals surface area contributed by atoms with E-state index in [0.29, 0.717) is 6.54 Å². The second kappa shape index (κ2) is 5.68. The molecule has 17 heavy (non-hydrogen) atoms. The Bertz CT molecular complexity index is 428. The Hall–Kier alpha value is -1.55. The fraction of sp³-hybridized carbons (Fsp3) is 0.462. The maximum atomic E-state index is 11.5. The van der Waals surface area contributed by atoms with Crippen LogP contribution in [0.1, 0.15) is 16.7 Å². The Balaban J connectivity index is 3.06. The summed E-state index contributed by atoms with van der Waals surface area (Å²) in [6, 6.07) is 1.94. The highest BCUT2D eigenvalue weighted by molar-refractivity contribution is 5.93. The van der Waals surface area contributed by atoms with Crippen molar-refractivity contribution in [3.05, 3.63) is 22.8 Å². The zero-order valence-electron chi connectivity index (χ0n) is 11.1. The standard InChI is InChI=1S/C13H20N2O2/c1-8-6-11(15-12(16)7-14-4)9(2)10(3)13(8)17-5/h6,14H,7H2,1-5H3,(H,15,16). The second-order valence-corrected chi connectivity index (χ2v) is 4.10. The van der Waals surface area contributed by atoms with Gasteiger partial charge < -0.3 is 15.4 Å². The lowest BCUT2D eigenvalue weighted by Crippen LogP contribution is -2.25. The van der Waals surface area contributed by atoms with Gasteiger partial charge in [-0.2, -0.15) is 0 Å². The van der Waals surface area contributed by atoms with Crippen molar-refractivity contribution in [3.63, 3.8) is 0 Å². The van der Waals surface area contributed by atoms with E-state index < -0.39 is 0 Å². The van der Waals surface area contributed by atoms with Crippen molar-refractivity contribution in [2.24, 2.45) is 0 Å². The lowest BCUT2D eigenvalue weighted by molar-refractivity contribution is -0.115. The molecule has 0 spiro atoms. The van der Waals surface area contributed by atoms with Gasteiger partial charge in [-0.15, -0.1) is 0 Å². The molecule has 4 nitrogen and oxygen atoms in total. The predicted octanol–water partition coefficient (Wildman–Crippen LogP) is 1.78. The van der Waals surface area contributed by atoms with Gasteiger partial charge >= 0.3 is 0 Å². The van der Waals surface area contributed by atoms with Crippen LogP contribution in [0.2, 0.25) is 0 Å². The molecule has 0 radical (unpaired) electrons. The molecule has 1 amide bonds. The number of carbonyl (C=O) groups is 1. The van der Waals surface area contributed by atoms with Gasteiger partial charge in [0.15, 0.2) is 0 Å². The van der Waals surface area contributed by atoms with Crippen molar-refractivity contribution >= 4 is 11.6 Å². The Morgan fingerprint density at radius 3 is 2.47 bits per heavy atom. The van der Waals surface area contributed by atoms with Crippen LogP contribution in [0, 0.1) is 20.8 Å². The molecule has 4 heteroatoms. The minimum Gasteiger partial charge on any atom is -0.496 e. The van der Waals surface area contributed by atoms with Gasteiger partial charge in [-0.1, -0.05) is 0 Å². The quantitative estimate of drug-likeness (QED) is 0.837. The van der Waals surface area contributed by atoms with Crippen LogP contribution in [0.4, 0.5) is 5.69 Å². The number of hydrogen-bond donors (Lipinski definition) is 2. The molecule has 1 aromatic rings. The van der Waals surface area contributed by atoms with Gasteiger partial charge in [0.25, 0.3) is 0 Å². The molecule has 0 aliphatic carbocycles. The number of rotatable bonds is 4. The summed E-state index contributed by atoms with van der Waals surface area (Å²) in [5, 5.41) is 5.71. The zero-order valence-corrected chi connectivity index (χ0v) is 11.1. The SMILES string of the molecule is CNCC(=O)Nc1cc(C)c(OC)c(C)c1C. The highest BCUT2D eigenvalue weighted by Crippen LogP contribution is 2.31. The molecule has 0 bridgehead atoms. The fourth-order valence-electron chi connectivity index (χ4n) is 1.86. The first-order valence-corrected chi connectivity index (χ1v) is 5.60. The van der Waals surface area contributed by atoms with Crippen LogP contribution < -0.4 is 15.4 Å². The number of hydrogen-bond acceptors (Lipinski definition) is 3. The van der Waals surface area contributed by atoms with Crippen molar-refractivity contribution < 1.29 is 9.53 Å². The third-order valence-corrected chi connectivity index (χ3v) is 2.84. The van der Waals surface area contributed by atoms with Crippen molar-refractivity contribution in [1.29, 1.82) is 0 Å². The Labute approximate surface area is 102 Å². The summed E-state index contributed by atoms with van der Waals surface area (Å²) >= 11 is 0. The van der Waals surface area contributed by atoms with Gasteiger partial charge in [-0.25, -0.2) is 0 Å². The van der Waals surface area contributed by atoms with Crippen LogP contribution >= 0.6 is 0 Å². The van der Waals surface area contributed by atoms with E-state index in [4.69, 9.17) is 4.74 Å². The smallest absolute Gasteiger partial charge is 0.238 e. The van der Waals surface area contributed by atoms with Gasteiger partial charge in [0.2, 0.25) is 5.91 Å². The first-order chi connectivity index (χ1) is 8.01. The van der Waals surface area contributed by atoms with E-state index in [0.717, 1.165) is 28.1 Å². The van der Waals surface area contributed by atoms with Crippen LogP contribution in [0.5, 0.6) is 5.75 Å². The second-order valence-electron chi connectivity index (χ2n) is 4.10. The molecular weight excluding hydrogens is 216 g/mol. The summed E-state index contributed by atoms with van der Waals surface area (Å²) in [4.78, 5) is 11.5. The average molecular weight is 236 g/mol. The first kappa shape index (κ1) is 13.5. The number of amides is 1. The summed E-state index contributed by atoms with van der Waals surface area (Å²) in [5.74, 6) is 0.841. The van der Waals surface area contributed by atoms with E-state index in [2.05, 4.69) is 10.6 Å². The summed E-state index contributed by atoms with van der Waals surface area (Å²) in [5.41, 5.74) is 3.97. The fourth-order valence-corrected chi connectivity index (χ4v) is 1.86. The van der Waals surface area contributed by atoms with Crippen molar-refractivity contribution in [1.82, 2.24) is 5.32 Å². The Morgan fingerprint density at radius 2 is 1.94 bits per heavy atom. The normalized spacial score (nSPS) is 10.2. The van der Waals surface area contributed by atoms with Gasteiger partial charge in [0.1, 0.15) is 5.75 Å². The van der Waals surface area contributed by atoms with E-state index in [1.807, 2.05) is 26.8 Å². The summed E-state index contributed by atoms with van der Waals surface area (Å²) in [6.07, 6.45) is 0. The molecule has 0 unspecified atom stereocenters. The molecule has 0 saturated heterocycles. The number of likely N-dealkylation sites (N-methyl/N-ethyl adjacent to an activating group) is 1. The molecule has 1 rings (SSSR count). The molecule has 94 valence electrons.